The van der Waals surface area contributed by atoms with Crippen molar-refractivity contribution in [1.82, 2.24) is 20.0 Å². The summed E-state index contributed by atoms with van der Waals surface area (Å²) in [5.74, 6) is 0. The summed E-state index contributed by atoms with van der Waals surface area (Å²) in [5.41, 5.74) is 2.45. The number of nitrogens with zero attached hydrogens (tertiary/aromatic N) is 3. The van der Waals surface area contributed by atoms with Gasteiger partial charge in [0.05, 0.1) is 15.9 Å². The number of halogens is 1. The van der Waals surface area contributed by atoms with Gasteiger partial charge in [0.25, 0.3) is 0 Å². The van der Waals surface area contributed by atoms with Crippen LogP contribution in [-0.2, 0) is 20.0 Å². The Balaban J connectivity index is 2.10. The van der Waals surface area contributed by atoms with Crippen molar-refractivity contribution in [3.63, 3.8) is 0 Å². The largest absolute Gasteiger partial charge is 0.313 e. The number of aryl methyl sites for hydroxylation is 2. The van der Waals surface area contributed by atoms with Crippen molar-refractivity contribution >= 4 is 15.9 Å². The average molecular weight is 315 g/mol. The van der Waals surface area contributed by atoms with Crippen LogP contribution in [0.4, 0.5) is 0 Å². The fourth-order valence-corrected chi connectivity index (χ4v) is 3.28. The first kappa shape index (κ1) is 14.0. The van der Waals surface area contributed by atoms with Gasteiger partial charge in [-0.1, -0.05) is 6.92 Å². The molecule has 2 rings (SSSR count). The molecule has 0 bridgehead atoms. The second-order valence-corrected chi connectivity index (χ2v) is 5.92. The maximum Gasteiger partial charge on any atom is 0.0767 e. The van der Waals surface area contributed by atoms with Crippen LogP contribution >= 0.6 is 15.9 Å². The summed E-state index contributed by atoms with van der Waals surface area (Å²) in [6.07, 6.45) is 2.20. The molecule has 102 valence electrons. The Morgan fingerprint density at radius 2 is 2.28 bits per heavy atom. The minimum atomic E-state index is 0.574. The molecule has 1 unspecified atom stereocenters. The highest BCUT2D eigenvalue weighted by atomic mass is 79.9. The van der Waals surface area contributed by atoms with Crippen LogP contribution in [0.2, 0.25) is 0 Å². The number of hydrogen-bond donors (Lipinski definition) is 1. The Hall–Kier alpha value is -0.390. The molecule has 1 fully saturated rings. The van der Waals surface area contributed by atoms with Gasteiger partial charge in [0.1, 0.15) is 0 Å². The summed E-state index contributed by atoms with van der Waals surface area (Å²) in [4.78, 5) is 2.52. The molecule has 1 aromatic rings. The van der Waals surface area contributed by atoms with Crippen LogP contribution in [0.15, 0.2) is 4.47 Å². The summed E-state index contributed by atoms with van der Waals surface area (Å²) in [6.45, 7) is 8.79. The molecule has 0 amide bonds. The van der Waals surface area contributed by atoms with Crippen molar-refractivity contribution in [1.29, 1.82) is 0 Å². The summed E-state index contributed by atoms with van der Waals surface area (Å²) >= 11 is 3.70. The molecule has 0 saturated carbocycles. The van der Waals surface area contributed by atoms with Gasteiger partial charge in [-0.05, 0) is 48.8 Å². The highest BCUT2D eigenvalue weighted by Crippen LogP contribution is 2.23. The normalized spacial score (nSPS) is 22.1. The first-order chi connectivity index (χ1) is 8.61. The van der Waals surface area contributed by atoms with E-state index in [1.807, 2.05) is 11.7 Å². The Kier molecular flexibility index (Phi) is 4.81. The third-order valence-corrected chi connectivity index (χ3v) is 4.47. The molecule has 1 aromatic heterocycles. The zero-order chi connectivity index (χ0) is 13.1. The monoisotopic (exact) mass is 314 g/mol. The summed E-state index contributed by atoms with van der Waals surface area (Å²) in [7, 11) is 2.04. The van der Waals surface area contributed by atoms with E-state index in [-0.39, 0.29) is 0 Å². The molecule has 0 spiro atoms. The minimum absolute atomic E-state index is 0.574. The van der Waals surface area contributed by atoms with Crippen molar-refractivity contribution in [2.75, 3.05) is 19.6 Å². The molecule has 0 aliphatic carbocycles. The predicted molar refractivity (Wildman–Crippen MR) is 77.6 cm³/mol. The van der Waals surface area contributed by atoms with Gasteiger partial charge in [-0.3, -0.25) is 9.58 Å². The van der Waals surface area contributed by atoms with Crippen LogP contribution in [0, 0.1) is 0 Å². The highest BCUT2D eigenvalue weighted by Gasteiger charge is 2.19. The van der Waals surface area contributed by atoms with E-state index in [1.165, 1.54) is 16.6 Å². The first-order valence-corrected chi connectivity index (χ1v) is 7.57. The maximum absolute atomic E-state index is 4.56. The van der Waals surface area contributed by atoms with E-state index in [4.69, 9.17) is 0 Å². The molecule has 1 atom stereocenters. The lowest BCUT2D eigenvalue weighted by atomic mass is 10.2. The minimum Gasteiger partial charge on any atom is -0.313 e. The van der Waals surface area contributed by atoms with Crippen LogP contribution in [0.25, 0.3) is 0 Å². The van der Waals surface area contributed by atoms with E-state index in [0.29, 0.717) is 6.04 Å². The quantitative estimate of drug-likeness (QED) is 0.925. The standard InChI is InChI=1S/C13H23BrN4/c1-4-11-13(14)12(17(3)16-11)9-18-7-5-6-15-10(2)8-18/h10,15H,4-9H2,1-3H3. The van der Waals surface area contributed by atoms with Crippen LogP contribution in [0.3, 0.4) is 0 Å². The van der Waals surface area contributed by atoms with Crippen LogP contribution in [0.1, 0.15) is 31.7 Å². The molecule has 1 saturated heterocycles. The second kappa shape index (κ2) is 6.17. The third kappa shape index (κ3) is 3.13. The average Bonchev–Trinajstić information content (AvgIpc) is 2.53. The molecule has 1 aliphatic heterocycles. The highest BCUT2D eigenvalue weighted by molar-refractivity contribution is 9.10. The fraction of sp³-hybridized carbons (Fsp3) is 0.769. The van der Waals surface area contributed by atoms with E-state index in [0.717, 1.165) is 38.3 Å². The van der Waals surface area contributed by atoms with E-state index in [9.17, 15) is 0 Å². The van der Waals surface area contributed by atoms with E-state index in [2.05, 4.69) is 45.1 Å². The fourth-order valence-electron chi connectivity index (χ4n) is 2.54. The van der Waals surface area contributed by atoms with Crippen LogP contribution < -0.4 is 5.32 Å². The Bertz CT molecular complexity index is 402. The SMILES string of the molecule is CCc1nn(C)c(CN2CCCNC(C)C2)c1Br. The van der Waals surface area contributed by atoms with Crippen molar-refractivity contribution in [3.8, 4) is 0 Å². The molecule has 1 aliphatic rings. The number of hydrogen-bond acceptors (Lipinski definition) is 3. The first-order valence-electron chi connectivity index (χ1n) is 6.77. The van der Waals surface area contributed by atoms with Gasteiger partial charge >= 0.3 is 0 Å². The Labute approximate surface area is 118 Å². The van der Waals surface area contributed by atoms with Gasteiger partial charge in [0.2, 0.25) is 0 Å². The van der Waals surface area contributed by atoms with Crippen molar-refractivity contribution in [2.24, 2.45) is 7.05 Å². The molecule has 0 aromatic carbocycles. The van der Waals surface area contributed by atoms with Gasteiger partial charge in [-0.2, -0.15) is 5.10 Å². The predicted octanol–water partition coefficient (Wildman–Crippen LogP) is 1.93. The molecule has 5 heteroatoms. The summed E-state index contributed by atoms with van der Waals surface area (Å²) in [6, 6.07) is 0.574. The topological polar surface area (TPSA) is 33.1 Å². The second-order valence-electron chi connectivity index (χ2n) is 5.13. The molecule has 4 nitrogen and oxygen atoms in total. The number of aromatic nitrogens is 2. The number of nitrogens with one attached hydrogen (secondary N) is 1. The Morgan fingerprint density at radius 3 is 2.94 bits per heavy atom. The van der Waals surface area contributed by atoms with Gasteiger partial charge in [0, 0.05) is 26.2 Å². The zero-order valence-corrected chi connectivity index (χ0v) is 13.1. The lowest BCUT2D eigenvalue weighted by Gasteiger charge is -2.22. The molecule has 18 heavy (non-hydrogen) atoms. The van der Waals surface area contributed by atoms with E-state index in [1.54, 1.807) is 0 Å². The maximum atomic E-state index is 4.56. The third-order valence-electron chi connectivity index (χ3n) is 3.55. The molecule has 0 radical (unpaired) electrons. The molecule has 1 N–H and O–H groups in total. The lowest BCUT2D eigenvalue weighted by molar-refractivity contribution is 0.257. The zero-order valence-electron chi connectivity index (χ0n) is 11.5. The lowest BCUT2D eigenvalue weighted by Crippen LogP contribution is -2.35. The van der Waals surface area contributed by atoms with Crippen molar-refractivity contribution in [2.45, 2.75) is 39.3 Å². The summed E-state index contributed by atoms with van der Waals surface area (Å²) < 4.78 is 3.21. The molecular weight excluding hydrogens is 292 g/mol. The Morgan fingerprint density at radius 1 is 1.50 bits per heavy atom. The van der Waals surface area contributed by atoms with Crippen LogP contribution in [-0.4, -0.2) is 40.4 Å². The van der Waals surface area contributed by atoms with Gasteiger partial charge < -0.3 is 5.32 Å². The van der Waals surface area contributed by atoms with Gasteiger partial charge in [0.15, 0.2) is 0 Å². The van der Waals surface area contributed by atoms with Crippen molar-refractivity contribution in [3.05, 3.63) is 15.9 Å². The summed E-state index contributed by atoms with van der Waals surface area (Å²) in [5, 5.41) is 8.09. The van der Waals surface area contributed by atoms with E-state index < -0.39 is 0 Å². The molecular formula is C13H23BrN4. The van der Waals surface area contributed by atoms with Crippen molar-refractivity contribution < 1.29 is 0 Å². The smallest absolute Gasteiger partial charge is 0.0767 e. The van der Waals surface area contributed by atoms with Gasteiger partial charge in [-0.15, -0.1) is 0 Å². The number of rotatable bonds is 3. The van der Waals surface area contributed by atoms with Crippen LogP contribution in [0.5, 0.6) is 0 Å². The van der Waals surface area contributed by atoms with Gasteiger partial charge in [-0.25, -0.2) is 0 Å². The van der Waals surface area contributed by atoms with E-state index >= 15 is 0 Å². The molecule has 2 heterocycles.